The van der Waals surface area contributed by atoms with E-state index >= 15 is 0 Å². The van der Waals surface area contributed by atoms with Crippen LogP contribution in [0.25, 0.3) is 0 Å². The zero-order chi connectivity index (χ0) is 18.6. The molecular formula is C20H23N3O2S. The molecule has 0 saturated carbocycles. The molecule has 0 aromatic heterocycles. The summed E-state index contributed by atoms with van der Waals surface area (Å²) in [6.07, 6.45) is 1.41. The fourth-order valence-corrected chi connectivity index (χ4v) is 3.75. The molecule has 0 amide bonds. The van der Waals surface area contributed by atoms with Crippen LogP contribution in [-0.4, -0.2) is 31.3 Å². The summed E-state index contributed by atoms with van der Waals surface area (Å²) < 4.78 is 5.16. The monoisotopic (exact) mass is 369 g/mol. The molecule has 0 bridgehead atoms. The number of thiocarbonyl (C=S) groups is 1. The minimum atomic E-state index is -0.582. The Balaban J connectivity index is 1.80. The molecule has 3 N–H and O–H groups in total. The van der Waals surface area contributed by atoms with Crippen molar-refractivity contribution in [1.29, 1.82) is 0 Å². The van der Waals surface area contributed by atoms with Crippen LogP contribution in [0.2, 0.25) is 0 Å². The van der Waals surface area contributed by atoms with Crippen molar-refractivity contribution >= 4 is 34.7 Å². The number of nitrogens with zero attached hydrogens (tertiary/aromatic N) is 1. The first-order valence-electron chi connectivity index (χ1n) is 8.60. The second-order valence-electron chi connectivity index (χ2n) is 6.47. The number of methoxy groups -OCH3 is 1. The SMILES string of the molecule is COC(=O)C1(c2ccccc2)CCN(c2cccc(NC(N)=S)c2)CC1. The van der Waals surface area contributed by atoms with Crippen LogP contribution in [-0.2, 0) is 14.9 Å². The molecule has 2 aromatic carbocycles. The van der Waals surface area contributed by atoms with Gasteiger partial charge in [0.2, 0.25) is 0 Å². The zero-order valence-electron chi connectivity index (χ0n) is 14.8. The van der Waals surface area contributed by atoms with Gasteiger partial charge in [0, 0.05) is 24.5 Å². The van der Waals surface area contributed by atoms with E-state index in [0.29, 0.717) is 12.8 Å². The molecule has 0 radical (unpaired) electrons. The molecular weight excluding hydrogens is 346 g/mol. The number of nitrogens with one attached hydrogen (secondary N) is 1. The largest absolute Gasteiger partial charge is 0.468 e. The molecule has 6 heteroatoms. The first-order chi connectivity index (χ1) is 12.5. The normalized spacial score (nSPS) is 16.0. The van der Waals surface area contributed by atoms with Gasteiger partial charge in [-0.3, -0.25) is 4.79 Å². The van der Waals surface area contributed by atoms with E-state index < -0.39 is 5.41 Å². The highest BCUT2D eigenvalue weighted by Crippen LogP contribution is 2.38. The molecule has 0 aliphatic carbocycles. The predicted octanol–water partition coefficient (Wildman–Crippen LogP) is 3.05. The molecule has 0 unspecified atom stereocenters. The van der Waals surface area contributed by atoms with Gasteiger partial charge in [-0.05, 0) is 48.8 Å². The highest BCUT2D eigenvalue weighted by atomic mass is 32.1. The first kappa shape index (κ1) is 18.2. The Labute approximate surface area is 159 Å². The van der Waals surface area contributed by atoms with Crippen LogP contribution < -0.4 is 16.0 Å². The Kier molecular flexibility index (Phi) is 5.42. The number of ether oxygens (including phenoxy) is 1. The molecule has 0 spiro atoms. The van der Waals surface area contributed by atoms with Gasteiger partial charge in [-0.25, -0.2) is 0 Å². The lowest BCUT2D eigenvalue weighted by atomic mass is 9.72. The van der Waals surface area contributed by atoms with Gasteiger partial charge in [0.15, 0.2) is 5.11 Å². The van der Waals surface area contributed by atoms with E-state index in [2.05, 4.69) is 16.3 Å². The van der Waals surface area contributed by atoms with Gasteiger partial charge in [0.05, 0.1) is 12.5 Å². The average molecular weight is 369 g/mol. The lowest BCUT2D eigenvalue weighted by molar-refractivity contribution is -0.148. The van der Waals surface area contributed by atoms with Gasteiger partial charge < -0.3 is 20.7 Å². The molecule has 1 aliphatic heterocycles. The van der Waals surface area contributed by atoms with Crippen molar-refractivity contribution in [2.75, 3.05) is 30.4 Å². The van der Waals surface area contributed by atoms with Crippen molar-refractivity contribution < 1.29 is 9.53 Å². The molecule has 2 aromatic rings. The summed E-state index contributed by atoms with van der Waals surface area (Å²) in [5.74, 6) is -0.160. The van der Waals surface area contributed by atoms with Gasteiger partial charge in [-0.2, -0.15) is 0 Å². The summed E-state index contributed by atoms with van der Waals surface area (Å²) in [6.45, 7) is 1.53. The van der Waals surface area contributed by atoms with Crippen molar-refractivity contribution in [3.8, 4) is 0 Å². The quantitative estimate of drug-likeness (QED) is 0.638. The second kappa shape index (κ2) is 7.74. The van der Waals surface area contributed by atoms with Crippen LogP contribution in [0.4, 0.5) is 11.4 Å². The number of rotatable bonds is 4. The Bertz CT molecular complexity index is 787. The summed E-state index contributed by atoms with van der Waals surface area (Å²) in [5, 5.41) is 3.21. The predicted molar refractivity (Wildman–Crippen MR) is 108 cm³/mol. The van der Waals surface area contributed by atoms with Gasteiger partial charge in [-0.1, -0.05) is 36.4 Å². The molecule has 136 valence electrons. The maximum Gasteiger partial charge on any atom is 0.316 e. The maximum atomic E-state index is 12.6. The number of hydrogen-bond donors (Lipinski definition) is 2. The van der Waals surface area contributed by atoms with Crippen LogP contribution in [0, 0.1) is 0 Å². The van der Waals surface area contributed by atoms with Gasteiger partial charge in [0.25, 0.3) is 0 Å². The van der Waals surface area contributed by atoms with E-state index in [1.807, 2.05) is 48.5 Å². The number of hydrogen-bond acceptors (Lipinski definition) is 4. The second-order valence-corrected chi connectivity index (χ2v) is 6.91. The summed E-state index contributed by atoms with van der Waals surface area (Å²) in [6, 6.07) is 17.9. The van der Waals surface area contributed by atoms with Crippen molar-refractivity contribution in [3.63, 3.8) is 0 Å². The summed E-state index contributed by atoms with van der Waals surface area (Å²) in [4.78, 5) is 14.9. The topological polar surface area (TPSA) is 67.6 Å². The third-order valence-corrected chi connectivity index (χ3v) is 5.10. The smallest absolute Gasteiger partial charge is 0.316 e. The lowest BCUT2D eigenvalue weighted by Gasteiger charge is -2.41. The molecule has 1 aliphatic rings. The average Bonchev–Trinajstić information content (AvgIpc) is 2.68. The number of piperidine rings is 1. The van der Waals surface area contributed by atoms with E-state index in [-0.39, 0.29) is 11.1 Å². The fourth-order valence-electron chi connectivity index (χ4n) is 3.63. The number of anilines is 2. The number of esters is 1. The number of carbonyl (C=O) groups excluding carboxylic acids is 1. The zero-order valence-corrected chi connectivity index (χ0v) is 15.6. The van der Waals surface area contributed by atoms with Crippen LogP contribution in [0.15, 0.2) is 54.6 Å². The highest BCUT2D eigenvalue weighted by molar-refractivity contribution is 7.80. The van der Waals surface area contributed by atoms with E-state index in [1.165, 1.54) is 7.11 Å². The molecule has 5 nitrogen and oxygen atoms in total. The number of benzene rings is 2. The van der Waals surface area contributed by atoms with E-state index in [1.54, 1.807) is 0 Å². The van der Waals surface area contributed by atoms with Gasteiger partial charge >= 0.3 is 5.97 Å². The standard InChI is InChI=1S/C20H23N3O2S/c1-25-18(24)20(15-6-3-2-4-7-15)10-12-23(13-11-20)17-9-5-8-16(14-17)22-19(21)26/h2-9,14H,10-13H2,1H3,(H3,21,22,26). The van der Waals surface area contributed by atoms with Gasteiger partial charge in [-0.15, -0.1) is 0 Å². The molecule has 26 heavy (non-hydrogen) atoms. The van der Waals surface area contributed by atoms with Crippen molar-refractivity contribution in [2.24, 2.45) is 5.73 Å². The maximum absolute atomic E-state index is 12.6. The third-order valence-electron chi connectivity index (χ3n) is 5.00. The first-order valence-corrected chi connectivity index (χ1v) is 9.01. The Morgan fingerprint density at radius 1 is 1.15 bits per heavy atom. The van der Waals surface area contributed by atoms with Crippen LogP contribution in [0.3, 0.4) is 0 Å². The Morgan fingerprint density at radius 2 is 1.85 bits per heavy atom. The Hall–Kier alpha value is -2.60. The minimum absolute atomic E-state index is 0.160. The highest BCUT2D eigenvalue weighted by Gasteiger charge is 2.43. The molecule has 1 heterocycles. The van der Waals surface area contributed by atoms with Crippen LogP contribution in [0.5, 0.6) is 0 Å². The summed E-state index contributed by atoms with van der Waals surface area (Å²) >= 11 is 4.91. The summed E-state index contributed by atoms with van der Waals surface area (Å²) in [5.41, 5.74) is 7.94. The molecule has 0 atom stereocenters. The molecule has 3 rings (SSSR count). The number of nitrogens with two attached hydrogens (primary N) is 1. The number of carbonyl (C=O) groups is 1. The summed E-state index contributed by atoms with van der Waals surface area (Å²) in [7, 11) is 1.46. The van der Waals surface area contributed by atoms with E-state index in [4.69, 9.17) is 22.7 Å². The van der Waals surface area contributed by atoms with Crippen molar-refractivity contribution in [1.82, 2.24) is 0 Å². The van der Waals surface area contributed by atoms with E-state index in [0.717, 1.165) is 30.0 Å². The molecule has 1 saturated heterocycles. The van der Waals surface area contributed by atoms with Gasteiger partial charge in [0.1, 0.15) is 0 Å². The fraction of sp³-hybridized carbons (Fsp3) is 0.300. The Morgan fingerprint density at radius 3 is 2.46 bits per heavy atom. The third kappa shape index (κ3) is 3.65. The minimum Gasteiger partial charge on any atom is -0.468 e. The van der Waals surface area contributed by atoms with Crippen LogP contribution in [0.1, 0.15) is 18.4 Å². The van der Waals surface area contributed by atoms with E-state index in [9.17, 15) is 4.79 Å². The van der Waals surface area contributed by atoms with Crippen LogP contribution >= 0.6 is 12.2 Å². The van der Waals surface area contributed by atoms with Crippen molar-refractivity contribution in [2.45, 2.75) is 18.3 Å². The van der Waals surface area contributed by atoms with Crippen molar-refractivity contribution in [3.05, 3.63) is 60.2 Å². The lowest BCUT2D eigenvalue weighted by Crippen LogP contribution is -2.48. The molecule has 1 fully saturated rings.